The number of hydrogen-bond acceptors (Lipinski definition) is 5. The third-order valence-electron chi connectivity index (χ3n) is 1.76. The largest absolute Gasteiger partial charge is 0.481 e. The Morgan fingerprint density at radius 1 is 1.53 bits per heavy atom. The number of nitrogens with zero attached hydrogens (tertiary/aromatic N) is 2. The lowest BCUT2D eigenvalue weighted by Crippen LogP contribution is -1.97. The minimum Gasteiger partial charge on any atom is -0.481 e. The summed E-state index contributed by atoms with van der Waals surface area (Å²) in [5, 5.41) is 12.1. The van der Waals surface area contributed by atoms with Crippen molar-refractivity contribution in [1.29, 1.82) is 0 Å². The average molecular weight is 208 g/mol. The van der Waals surface area contributed by atoms with Gasteiger partial charge in [0, 0.05) is 6.42 Å². The monoisotopic (exact) mass is 208 g/mol. The van der Waals surface area contributed by atoms with E-state index in [1.165, 1.54) is 6.26 Å². The second-order valence-electron chi connectivity index (χ2n) is 2.88. The van der Waals surface area contributed by atoms with Crippen LogP contribution in [0.3, 0.4) is 0 Å². The van der Waals surface area contributed by atoms with Gasteiger partial charge in [-0.3, -0.25) is 4.79 Å². The van der Waals surface area contributed by atoms with E-state index in [1.807, 2.05) is 0 Å². The number of aryl methyl sites for hydroxylation is 1. The van der Waals surface area contributed by atoms with Gasteiger partial charge < -0.3 is 14.0 Å². The zero-order valence-electron chi connectivity index (χ0n) is 7.71. The first-order valence-electron chi connectivity index (χ1n) is 4.34. The Labute approximate surface area is 84.5 Å². The van der Waals surface area contributed by atoms with Crippen molar-refractivity contribution in [1.82, 2.24) is 10.1 Å². The fraction of sp³-hybridized carbons (Fsp3) is 0.222. The predicted octanol–water partition coefficient (Wildman–Crippen LogP) is 1.35. The van der Waals surface area contributed by atoms with E-state index >= 15 is 0 Å². The van der Waals surface area contributed by atoms with Crippen LogP contribution in [0.15, 0.2) is 27.3 Å². The molecule has 6 nitrogen and oxygen atoms in total. The van der Waals surface area contributed by atoms with Gasteiger partial charge in [0.05, 0.1) is 12.7 Å². The third-order valence-corrected chi connectivity index (χ3v) is 1.76. The van der Waals surface area contributed by atoms with E-state index in [4.69, 9.17) is 14.0 Å². The molecule has 6 heteroatoms. The highest BCUT2D eigenvalue weighted by molar-refractivity contribution is 5.66. The van der Waals surface area contributed by atoms with Crippen molar-refractivity contribution in [3.8, 4) is 11.6 Å². The van der Waals surface area contributed by atoms with Gasteiger partial charge in [0.2, 0.25) is 11.7 Å². The number of furan rings is 1. The molecule has 0 saturated carbocycles. The molecule has 2 rings (SSSR count). The Kier molecular flexibility index (Phi) is 2.49. The van der Waals surface area contributed by atoms with Gasteiger partial charge in [0.25, 0.3) is 0 Å². The van der Waals surface area contributed by atoms with Crippen molar-refractivity contribution in [2.75, 3.05) is 0 Å². The van der Waals surface area contributed by atoms with Gasteiger partial charge >= 0.3 is 5.97 Å². The number of carbonyl (C=O) groups is 1. The first kappa shape index (κ1) is 9.45. The summed E-state index contributed by atoms with van der Waals surface area (Å²) in [5.41, 5.74) is 0. The van der Waals surface area contributed by atoms with Gasteiger partial charge in [-0.1, -0.05) is 5.16 Å². The first-order valence-corrected chi connectivity index (χ1v) is 4.34. The fourth-order valence-corrected chi connectivity index (χ4v) is 1.08. The molecule has 0 saturated heterocycles. The van der Waals surface area contributed by atoms with Crippen LogP contribution in [-0.2, 0) is 11.2 Å². The van der Waals surface area contributed by atoms with Crippen molar-refractivity contribution in [3.05, 3.63) is 24.3 Å². The molecule has 0 amide bonds. The normalized spacial score (nSPS) is 10.4. The van der Waals surface area contributed by atoms with Crippen LogP contribution in [-0.4, -0.2) is 21.2 Å². The van der Waals surface area contributed by atoms with Gasteiger partial charge in [-0.05, 0) is 12.1 Å². The highest BCUT2D eigenvalue weighted by Crippen LogP contribution is 2.16. The molecule has 15 heavy (non-hydrogen) atoms. The molecular weight excluding hydrogens is 200 g/mol. The molecule has 2 aromatic rings. The summed E-state index contributed by atoms with van der Waals surface area (Å²) in [7, 11) is 0. The van der Waals surface area contributed by atoms with E-state index < -0.39 is 5.97 Å². The highest BCUT2D eigenvalue weighted by atomic mass is 16.5. The fourth-order valence-electron chi connectivity index (χ4n) is 1.08. The summed E-state index contributed by atoms with van der Waals surface area (Å²) >= 11 is 0. The van der Waals surface area contributed by atoms with Crippen LogP contribution in [0.4, 0.5) is 0 Å². The Morgan fingerprint density at radius 3 is 3.07 bits per heavy atom. The van der Waals surface area contributed by atoms with E-state index in [-0.39, 0.29) is 12.8 Å². The number of carboxylic acid groups (broad SMARTS) is 1. The lowest BCUT2D eigenvalue weighted by Gasteiger charge is -1.87. The quantitative estimate of drug-likeness (QED) is 0.815. The van der Waals surface area contributed by atoms with Gasteiger partial charge in [-0.2, -0.15) is 4.98 Å². The molecule has 0 aromatic carbocycles. The summed E-state index contributed by atoms with van der Waals surface area (Å²) in [6.07, 6.45) is 1.70. The first-order chi connectivity index (χ1) is 7.25. The molecule has 0 radical (unpaired) electrons. The maximum Gasteiger partial charge on any atom is 0.303 e. The van der Waals surface area contributed by atoms with Crippen LogP contribution < -0.4 is 0 Å². The lowest BCUT2D eigenvalue weighted by atomic mass is 10.3. The van der Waals surface area contributed by atoms with E-state index in [0.717, 1.165) is 0 Å². The maximum atomic E-state index is 10.3. The van der Waals surface area contributed by atoms with E-state index in [2.05, 4.69) is 10.1 Å². The standard InChI is InChI=1S/C9H8N2O4/c12-8(13)4-3-7-10-9(11-15-7)6-2-1-5-14-6/h1-2,5H,3-4H2,(H,12,13). The topological polar surface area (TPSA) is 89.4 Å². The van der Waals surface area contributed by atoms with E-state index in [0.29, 0.717) is 17.5 Å². The van der Waals surface area contributed by atoms with Crippen LogP contribution in [0.5, 0.6) is 0 Å². The minimum absolute atomic E-state index is 0.0280. The van der Waals surface area contributed by atoms with Crippen molar-refractivity contribution in [2.24, 2.45) is 0 Å². The Hall–Kier alpha value is -2.11. The number of hydrogen-bond donors (Lipinski definition) is 1. The number of aromatic nitrogens is 2. The van der Waals surface area contributed by atoms with Crippen LogP contribution in [0.2, 0.25) is 0 Å². The molecule has 0 unspecified atom stereocenters. The summed E-state index contributed by atoms with van der Waals surface area (Å²) in [6.45, 7) is 0. The van der Waals surface area contributed by atoms with Crippen LogP contribution in [0, 0.1) is 0 Å². The molecule has 1 N–H and O–H groups in total. The summed E-state index contributed by atoms with van der Waals surface area (Å²) < 4.78 is 9.91. The Morgan fingerprint density at radius 2 is 2.40 bits per heavy atom. The zero-order valence-corrected chi connectivity index (χ0v) is 7.71. The Balaban J connectivity index is 2.08. The van der Waals surface area contributed by atoms with Crippen LogP contribution >= 0.6 is 0 Å². The van der Waals surface area contributed by atoms with Crippen LogP contribution in [0.1, 0.15) is 12.3 Å². The smallest absolute Gasteiger partial charge is 0.303 e. The average Bonchev–Trinajstić information content (AvgIpc) is 2.85. The second kappa shape index (κ2) is 3.95. The van der Waals surface area contributed by atoms with Gasteiger partial charge in [-0.15, -0.1) is 0 Å². The molecule has 78 valence electrons. The molecule has 0 aliphatic heterocycles. The molecule has 0 aliphatic carbocycles. The molecule has 2 heterocycles. The van der Waals surface area contributed by atoms with Crippen molar-refractivity contribution < 1.29 is 18.8 Å². The minimum atomic E-state index is -0.896. The molecule has 0 atom stereocenters. The summed E-state index contributed by atoms with van der Waals surface area (Å²) in [5.74, 6) is 0.234. The van der Waals surface area contributed by atoms with Gasteiger partial charge in [0.15, 0.2) is 5.76 Å². The SMILES string of the molecule is O=C(O)CCc1nc(-c2ccco2)no1. The number of carboxylic acids is 1. The van der Waals surface area contributed by atoms with Crippen molar-refractivity contribution in [2.45, 2.75) is 12.8 Å². The third kappa shape index (κ3) is 2.22. The Bertz CT molecular complexity index is 446. The number of rotatable bonds is 4. The second-order valence-corrected chi connectivity index (χ2v) is 2.88. The molecule has 2 aromatic heterocycles. The number of aliphatic carboxylic acids is 1. The van der Waals surface area contributed by atoms with E-state index in [9.17, 15) is 4.79 Å². The zero-order chi connectivity index (χ0) is 10.7. The summed E-state index contributed by atoms with van der Waals surface area (Å²) in [6, 6.07) is 3.41. The summed E-state index contributed by atoms with van der Waals surface area (Å²) in [4.78, 5) is 14.3. The molecular formula is C9H8N2O4. The molecule has 0 fully saturated rings. The molecule has 0 aliphatic rings. The predicted molar refractivity (Wildman–Crippen MR) is 48.0 cm³/mol. The molecule has 0 spiro atoms. The van der Waals surface area contributed by atoms with Crippen molar-refractivity contribution >= 4 is 5.97 Å². The van der Waals surface area contributed by atoms with Crippen LogP contribution in [0.25, 0.3) is 11.6 Å². The highest BCUT2D eigenvalue weighted by Gasteiger charge is 2.11. The van der Waals surface area contributed by atoms with Gasteiger partial charge in [0.1, 0.15) is 0 Å². The maximum absolute atomic E-state index is 10.3. The lowest BCUT2D eigenvalue weighted by molar-refractivity contribution is -0.137. The molecule has 0 bridgehead atoms. The van der Waals surface area contributed by atoms with Gasteiger partial charge in [-0.25, -0.2) is 0 Å². The van der Waals surface area contributed by atoms with E-state index in [1.54, 1.807) is 12.1 Å². The van der Waals surface area contributed by atoms with Crippen molar-refractivity contribution in [3.63, 3.8) is 0 Å².